The molecule has 0 aliphatic carbocycles. The van der Waals surface area contributed by atoms with Crippen LogP contribution in [0.15, 0.2) is 18.2 Å². The Morgan fingerprint density at radius 3 is 2.57 bits per heavy atom. The van der Waals surface area contributed by atoms with Crippen molar-refractivity contribution in [3.05, 3.63) is 29.6 Å². The second-order valence-electron chi connectivity index (χ2n) is 3.02. The van der Waals surface area contributed by atoms with Crippen LogP contribution in [0.1, 0.15) is 18.4 Å². The van der Waals surface area contributed by atoms with Crippen LogP contribution in [0, 0.1) is 5.82 Å². The molecular weight excluding hydrogens is 205 g/mol. The van der Waals surface area contributed by atoms with Gasteiger partial charge in [-0.15, -0.1) is 12.4 Å². The van der Waals surface area contributed by atoms with E-state index >= 15 is 0 Å². The van der Waals surface area contributed by atoms with Gasteiger partial charge in [-0.05, 0) is 24.1 Å². The number of hydrogen-bond donors (Lipinski definition) is 1. The zero-order valence-corrected chi connectivity index (χ0v) is 9.10. The van der Waals surface area contributed by atoms with Crippen molar-refractivity contribution in [2.24, 2.45) is 5.73 Å². The van der Waals surface area contributed by atoms with E-state index < -0.39 is 0 Å². The molecule has 0 aromatic heterocycles. The zero-order valence-electron chi connectivity index (χ0n) is 8.29. The Morgan fingerprint density at radius 2 is 2.14 bits per heavy atom. The third-order valence-corrected chi connectivity index (χ3v) is 2.09. The highest BCUT2D eigenvalue weighted by Crippen LogP contribution is 2.22. The molecule has 0 aliphatic heterocycles. The molecule has 2 N–H and O–H groups in total. The average molecular weight is 220 g/mol. The molecule has 0 saturated carbocycles. The highest BCUT2D eigenvalue weighted by Gasteiger charge is 2.09. The van der Waals surface area contributed by atoms with Crippen molar-refractivity contribution in [2.45, 2.75) is 12.8 Å². The van der Waals surface area contributed by atoms with Gasteiger partial charge in [0.15, 0.2) is 0 Å². The van der Waals surface area contributed by atoms with Gasteiger partial charge in [0, 0.05) is 6.07 Å². The molecule has 0 aliphatic rings. The molecule has 0 heterocycles. The second kappa shape index (κ2) is 5.83. The molecule has 1 atom stereocenters. The number of nitrogens with two attached hydrogens (primary N) is 1. The molecule has 0 amide bonds. The second-order valence-corrected chi connectivity index (χ2v) is 3.02. The van der Waals surface area contributed by atoms with E-state index in [4.69, 9.17) is 10.5 Å². The Bertz CT molecular complexity index is 293. The van der Waals surface area contributed by atoms with Crippen LogP contribution in [0.5, 0.6) is 5.75 Å². The molecule has 0 fully saturated rings. The van der Waals surface area contributed by atoms with Crippen LogP contribution in [0.3, 0.4) is 0 Å². The fraction of sp³-hybridized carbons (Fsp3) is 0.400. The van der Waals surface area contributed by atoms with Gasteiger partial charge in [0.05, 0.1) is 7.11 Å². The first-order chi connectivity index (χ1) is 6.19. The van der Waals surface area contributed by atoms with Crippen molar-refractivity contribution in [2.75, 3.05) is 13.7 Å². The van der Waals surface area contributed by atoms with Gasteiger partial charge < -0.3 is 10.5 Å². The predicted molar refractivity (Wildman–Crippen MR) is 57.7 cm³/mol. The lowest BCUT2D eigenvalue weighted by atomic mass is 10.0. The number of rotatable bonds is 3. The number of hydrogen-bond acceptors (Lipinski definition) is 2. The van der Waals surface area contributed by atoms with Crippen LogP contribution >= 0.6 is 12.4 Å². The van der Waals surface area contributed by atoms with Crippen molar-refractivity contribution in [3.8, 4) is 5.75 Å². The molecule has 0 bridgehead atoms. The Hall–Kier alpha value is -0.800. The Morgan fingerprint density at radius 1 is 1.50 bits per heavy atom. The van der Waals surface area contributed by atoms with E-state index in [1.807, 2.05) is 6.92 Å². The maximum atomic E-state index is 13.3. The predicted octanol–water partition coefficient (Wildman–Crippen LogP) is 2.32. The summed E-state index contributed by atoms with van der Waals surface area (Å²) in [4.78, 5) is 0. The number of ether oxygens (including phenoxy) is 1. The van der Waals surface area contributed by atoms with Gasteiger partial charge >= 0.3 is 0 Å². The quantitative estimate of drug-likeness (QED) is 0.847. The highest BCUT2D eigenvalue weighted by molar-refractivity contribution is 5.85. The lowest BCUT2D eigenvalue weighted by molar-refractivity contribution is 0.410. The number of benzene rings is 1. The third-order valence-electron chi connectivity index (χ3n) is 2.09. The summed E-state index contributed by atoms with van der Waals surface area (Å²) in [5.74, 6) is 0.327. The Kier molecular flexibility index (Phi) is 5.50. The van der Waals surface area contributed by atoms with E-state index in [0.717, 1.165) is 0 Å². The summed E-state index contributed by atoms with van der Waals surface area (Å²) < 4.78 is 18.2. The van der Waals surface area contributed by atoms with Crippen molar-refractivity contribution in [1.82, 2.24) is 0 Å². The first kappa shape index (κ1) is 13.2. The summed E-state index contributed by atoms with van der Waals surface area (Å²) in [6.45, 7) is 2.34. The van der Waals surface area contributed by atoms with Crippen LogP contribution in [0.4, 0.5) is 4.39 Å². The standard InChI is InChI=1S/C10H14FNO.ClH/c1-7(6-12)9-4-3-8(13-2)5-10(9)11;/h3-5,7H,6,12H2,1-2H3;1H. The molecule has 0 spiro atoms. The third kappa shape index (κ3) is 2.86. The number of halogens is 2. The topological polar surface area (TPSA) is 35.2 Å². The summed E-state index contributed by atoms with van der Waals surface area (Å²) in [6.07, 6.45) is 0. The zero-order chi connectivity index (χ0) is 9.84. The van der Waals surface area contributed by atoms with Crippen LogP contribution < -0.4 is 10.5 Å². The normalized spacial score (nSPS) is 11.7. The molecule has 0 radical (unpaired) electrons. The molecule has 80 valence electrons. The molecule has 14 heavy (non-hydrogen) atoms. The molecule has 1 aromatic rings. The van der Waals surface area contributed by atoms with Gasteiger partial charge in [0.25, 0.3) is 0 Å². The van der Waals surface area contributed by atoms with Gasteiger partial charge in [-0.25, -0.2) is 4.39 Å². The van der Waals surface area contributed by atoms with Crippen LogP contribution in [0.2, 0.25) is 0 Å². The molecule has 1 aromatic carbocycles. The summed E-state index contributed by atoms with van der Waals surface area (Å²) in [7, 11) is 1.51. The molecular formula is C10H15ClFNO. The molecule has 1 unspecified atom stereocenters. The van der Waals surface area contributed by atoms with Crippen molar-refractivity contribution in [3.63, 3.8) is 0 Å². The van der Waals surface area contributed by atoms with Crippen molar-refractivity contribution in [1.29, 1.82) is 0 Å². The van der Waals surface area contributed by atoms with E-state index in [-0.39, 0.29) is 24.1 Å². The minimum atomic E-state index is -0.252. The SMILES string of the molecule is COc1ccc(C(C)CN)c(F)c1.Cl. The minimum absolute atomic E-state index is 0. The lowest BCUT2D eigenvalue weighted by Crippen LogP contribution is -2.10. The molecule has 0 saturated heterocycles. The van der Waals surface area contributed by atoms with Crippen molar-refractivity contribution >= 4 is 12.4 Å². The Labute approximate surface area is 89.7 Å². The first-order valence-corrected chi connectivity index (χ1v) is 4.22. The largest absolute Gasteiger partial charge is 0.497 e. The molecule has 4 heteroatoms. The summed E-state index contributed by atoms with van der Waals surface area (Å²) in [6, 6.07) is 4.83. The van der Waals surface area contributed by atoms with E-state index in [2.05, 4.69) is 0 Å². The van der Waals surface area contributed by atoms with Crippen molar-refractivity contribution < 1.29 is 9.13 Å². The van der Waals surface area contributed by atoms with Gasteiger partial charge in [-0.2, -0.15) is 0 Å². The van der Waals surface area contributed by atoms with Crippen LogP contribution in [-0.4, -0.2) is 13.7 Å². The van der Waals surface area contributed by atoms with E-state index in [9.17, 15) is 4.39 Å². The van der Waals surface area contributed by atoms with Gasteiger partial charge in [0.2, 0.25) is 0 Å². The fourth-order valence-corrected chi connectivity index (χ4v) is 1.16. The maximum absolute atomic E-state index is 13.3. The highest BCUT2D eigenvalue weighted by atomic mass is 35.5. The van der Waals surface area contributed by atoms with E-state index in [1.54, 1.807) is 12.1 Å². The molecule has 2 nitrogen and oxygen atoms in total. The average Bonchev–Trinajstić information content (AvgIpc) is 2.16. The first-order valence-electron chi connectivity index (χ1n) is 4.22. The lowest BCUT2D eigenvalue weighted by Gasteiger charge is -2.10. The monoisotopic (exact) mass is 219 g/mol. The minimum Gasteiger partial charge on any atom is -0.497 e. The summed E-state index contributed by atoms with van der Waals surface area (Å²) >= 11 is 0. The number of methoxy groups -OCH3 is 1. The Balaban J connectivity index is 0.00000169. The van der Waals surface area contributed by atoms with Crippen LogP contribution in [0.25, 0.3) is 0 Å². The van der Waals surface area contributed by atoms with Gasteiger partial charge in [-0.3, -0.25) is 0 Å². The van der Waals surface area contributed by atoms with Gasteiger partial charge in [-0.1, -0.05) is 13.0 Å². The fourth-order valence-electron chi connectivity index (χ4n) is 1.16. The summed E-state index contributed by atoms with van der Waals surface area (Å²) in [5.41, 5.74) is 6.09. The summed E-state index contributed by atoms with van der Waals surface area (Å²) in [5, 5.41) is 0. The maximum Gasteiger partial charge on any atom is 0.130 e. The van der Waals surface area contributed by atoms with Crippen LogP contribution in [-0.2, 0) is 0 Å². The molecule has 1 rings (SSSR count). The van der Waals surface area contributed by atoms with E-state index in [1.165, 1.54) is 13.2 Å². The van der Waals surface area contributed by atoms with Gasteiger partial charge in [0.1, 0.15) is 11.6 Å². The van der Waals surface area contributed by atoms with E-state index in [0.29, 0.717) is 17.9 Å². The smallest absolute Gasteiger partial charge is 0.130 e.